The molecule has 0 saturated heterocycles. The second-order valence-corrected chi connectivity index (χ2v) is 3.74. The van der Waals surface area contributed by atoms with Crippen LogP contribution in [0.2, 0.25) is 5.02 Å². The molecule has 0 spiro atoms. The van der Waals surface area contributed by atoms with Crippen molar-refractivity contribution < 1.29 is 27.9 Å². The van der Waals surface area contributed by atoms with Crippen molar-refractivity contribution in [2.75, 3.05) is 11.9 Å². The summed E-state index contributed by atoms with van der Waals surface area (Å²) in [4.78, 5) is 22.0. The number of nitrogens with zero attached hydrogens (tertiary/aromatic N) is 1. The van der Waals surface area contributed by atoms with Gasteiger partial charge in [-0.3, -0.25) is 4.79 Å². The number of carbonyl (C=O) groups excluding carboxylic acids is 1. The minimum absolute atomic E-state index is 0.126. The SMILES string of the molecule is CN(C(=O)C(F)(F)F)c1ccc(Cl)c(C(=O)O)c1. The summed E-state index contributed by atoms with van der Waals surface area (Å²) < 4.78 is 36.6. The van der Waals surface area contributed by atoms with Gasteiger partial charge in [-0.05, 0) is 18.2 Å². The third kappa shape index (κ3) is 2.92. The highest BCUT2D eigenvalue weighted by atomic mass is 35.5. The molecule has 18 heavy (non-hydrogen) atoms. The van der Waals surface area contributed by atoms with Crippen molar-refractivity contribution in [2.45, 2.75) is 6.18 Å². The van der Waals surface area contributed by atoms with E-state index in [-0.39, 0.29) is 16.3 Å². The molecule has 1 aromatic carbocycles. The van der Waals surface area contributed by atoms with Gasteiger partial charge in [0.1, 0.15) is 0 Å². The van der Waals surface area contributed by atoms with Gasteiger partial charge >= 0.3 is 18.1 Å². The summed E-state index contributed by atoms with van der Waals surface area (Å²) in [5, 5.41) is 8.63. The molecule has 4 nitrogen and oxygen atoms in total. The Hall–Kier alpha value is -1.76. The third-order valence-corrected chi connectivity index (χ3v) is 2.44. The summed E-state index contributed by atoms with van der Waals surface area (Å²) >= 11 is 5.56. The second-order valence-electron chi connectivity index (χ2n) is 3.33. The number of hydrogen-bond acceptors (Lipinski definition) is 2. The molecule has 0 saturated carbocycles. The van der Waals surface area contributed by atoms with Crippen LogP contribution in [0.25, 0.3) is 0 Å². The summed E-state index contributed by atoms with van der Waals surface area (Å²) in [6, 6.07) is 3.13. The van der Waals surface area contributed by atoms with Gasteiger partial charge in [-0.1, -0.05) is 11.6 Å². The highest BCUT2D eigenvalue weighted by Crippen LogP contribution is 2.26. The van der Waals surface area contributed by atoms with Crippen LogP contribution in [0.4, 0.5) is 18.9 Å². The molecule has 1 amide bonds. The van der Waals surface area contributed by atoms with E-state index in [1.165, 1.54) is 0 Å². The van der Waals surface area contributed by atoms with E-state index in [2.05, 4.69) is 0 Å². The normalized spacial score (nSPS) is 11.2. The van der Waals surface area contributed by atoms with Gasteiger partial charge in [0.2, 0.25) is 0 Å². The number of carbonyl (C=O) groups is 2. The molecule has 0 aliphatic heterocycles. The van der Waals surface area contributed by atoms with Crippen molar-refractivity contribution in [3.05, 3.63) is 28.8 Å². The first-order chi connectivity index (χ1) is 8.14. The highest BCUT2D eigenvalue weighted by molar-refractivity contribution is 6.33. The lowest BCUT2D eigenvalue weighted by Crippen LogP contribution is -2.38. The molecule has 0 radical (unpaired) electrons. The quantitative estimate of drug-likeness (QED) is 0.906. The van der Waals surface area contributed by atoms with Gasteiger partial charge in [0, 0.05) is 12.7 Å². The molecule has 0 fully saturated rings. The van der Waals surface area contributed by atoms with E-state index in [1.54, 1.807) is 0 Å². The van der Waals surface area contributed by atoms with Gasteiger partial charge in [-0.25, -0.2) is 4.79 Å². The van der Waals surface area contributed by atoms with Crippen molar-refractivity contribution in [3.8, 4) is 0 Å². The number of anilines is 1. The molecule has 1 aromatic rings. The predicted molar refractivity (Wildman–Crippen MR) is 57.9 cm³/mol. The van der Waals surface area contributed by atoms with Crippen LogP contribution in [0.15, 0.2) is 18.2 Å². The van der Waals surface area contributed by atoms with Gasteiger partial charge < -0.3 is 10.0 Å². The second kappa shape index (κ2) is 4.85. The zero-order chi connectivity index (χ0) is 14.1. The lowest BCUT2D eigenvalue weighted by atomic mass is 10.2. The van der Waals surface area contributed by atoms with Crippen LogP contribution in [0.3, 0.4) is 0 Å². The van der Waals surface area contributed by atoms with Gasteiger partial charge in [0.25, 0.3) is 0 Å². The van der Waals surface area contributed by atoms with Gasteiger partial charge in [0.15, 0.2) is 0 Å². The fourth-order valence-electron chi connectivity index (χ4n) is 1.19. The Morgan fingerprint density at radius 1 is 1.33 bits per heavy atom. The number of hydrogen-bond donors (Lipinski definition) is 1. The van der Waals surface area contributed by atoms with Crippen LogP contribution in [0, 0.1) is 0 Å². The number of carboxylic acid groups (broad SMARTS) is 1. The van der Waals surface area contributed by atoms with Crippen LogP contribution in [0.5, 0.6) is 0 Å². The van der Waals surface area contributed by atoms with Crippen molar-refractivity contribution >= 4 is 29.2 Å². The molecule has 0 aromatic heterocycles. The van der Waals surface area contributed by atoms with Crippen LogP contribution in [-0.2, 0) is 4.79 Å². The third-order valence-electron chi connectivity index (χ3n) is 2.11. The van der Waals surface area contributed by atoms with Gasteiger partial charge in [0.05, 0.1) is 10.6 Å². The van der Waals surface area contributed by atoms with Crippen LogP contribution in [0.1, 0.15) is 10.4 Å². The minimum Gasteiger partial charge on any atom is -0.478 e. The van der Waals surface area contributed by atoms with Crippen molar-refractivity contribution in [1.29, 1.82) is 0 Å². The standard InChI is InChI=1S/C10H7ClF3NO3/c1-15(9(18)10(12,13)14)5-2-3-7(11)6(4-5)8(16)17/h2-4H,1H3,(H,16,17). The van der Waals surface area contributed by atoms with Crippen molar-refractivity contribution in [2.24, 2.45) is 0 Å². The summed E-state index contributed by atoms with van der Waals surface area (Å²) in [5.74, 6) is -3.49. The summed E-state index contributed by atoms with van der Waals surface area (Å²) in [5.41, 5.74) is -0.588. The highest BCUT2D eigenvalue weighted by Gasteiger charge is 2.41. The Morgan fingerprint density at radius 2 is 1.89 bits per heavy atom. The number of alkyl halides is 3. The molecular formula is C10H7ClF3NO3. The van der Waals surface area contributed by atoms with E-state index in [1.807, 2.05) is 0 Å². The van der Waals surface area contributed by atoms with Crippen molar-refractivity contribution in [3.63, 3.8) is 0 Å². The number of benzene rings is 1. The first-order valence-corrected chi connectivity index (χ1v) is 4.90. The monoisotopic (exact) mass is 281 g/mol. The van der Waals surface area contributed by atoms with E-state index in [4.69, 9.17) is 16.7 Å². The summed E-state index contributed by atoms with van der Waals surface area (Å²) in [6.45, 7) is 0. The molecule has 1 rings (SSSR count). The predicted octanol–water partition coefficient (Wildman–Crippen LogP) is 2.56. The average Bonchev–Trinajstić information content (AvgIpc) is 2.26. The van der Waals surface area contributed by atoms with Crippen LogP contribution < -0.4 is 4.90 Å². The molecule has 98 valence electrons. The Morgan fingerprint density at radius 3 is 2.33 bits per heavy atom. The van der Waals surface area contributed by atoms with E-state index >= 15 is 0 Å². The lowest BCUT2D eigenvalue weighted by molar-refractivity contribution is -0.170. The zero-order valence-electron chi connectivity index (χ0n) is 8.95. The van der Waals surface area contributed by atoms with Crippen LogP contribution >= 0.6 is 11.6 Å². The zero-order valence-corrected chi connectivity index (χ0v) is 9.71. The maximum absolute atomic E-state index is 12.2. The average molecular weight is 282 g/mol. The minimum atomic E-state index is -5.03. The molecule has 0 atom stereocenters. The maximum Gasteiger partial charge on any atom is 0.471 e. The first-order valence-electron chi connectivity index (χ1n) is 4.52. The molecular weight excluding hydrogens is 275 g/mol. The maximum atomic E-state index is 12.2. The summed E-state index contributed by atoms with van der Waals surface area (Å²) in [7, 11) is 0.894. The molecule has 0 aliphatic rings. The number of carboxylic acids is 1. The molecule has 8 heteroatoms. The van der Waals surface area contributed by atoms with E-state index in [9.17, 15) is 22.8 Å². The van der Waals surface area contributed by atoms with Gasteiger partial charge in [-0.15, -0.1) is 0 Å². The van der Waals surface area contributed by atoms with E-state index in [0.29, 0.717) is 4.90 Å². The lowest BCUT2D eigenvalue weighted by Gasteiger charge is -2.19. The topological polar surface area (TPSA) is 57.6 Å². The Bertz CT molecular complexity index is 502. The van der Waals surface area contributed by atoms with E-state index in [0.717, 1.165) is 25.2 Å². The van der Waals surface area contributed by atoms with Crippen molar-refractivity contribution in [1.82, 2.24) is 0 Å². The number of rotatable bonds is 2. The molecule has 0 aliphatic carbocycles. The van der Waals surface area contributed by atoms with Crippen LogP contribution in [-0.4, -0.2) is 30.2 Å². The fraction of sp³-hybridized carbons (Fsp3) is 0.200. The summed E-state index contributed by atoms with van der Waals surface area (Å²) in [6.07, 6.45) is -5.03. The number of amides is 1. The Balaban J connectivity index is 3.15. The molecule has 0 unspecified atom stereocenters. The molecule has 1 N–H and O–H groups in total. The van der Waals surface area contributed by atoms with Gasteiger partial charge in [-0.2, -0.15) is 13.2 Å². The number of aromatic carboxylic acids is 1. The largest absolute Gasteiger partial charge is 0.478 e. The Kier molecular flexibility index (Phi) is 3.85. The smallest absolute Gasteiger partial charge is 0.471 e. The van der Waals surface area contributed by atoms with E-state index < -0.39 is 18.1 Å². The molecule has 0 bridgehead atoms. The first kappa shape index (κ1) is 14.3. The number of halogens is 4. The Labute approximate surface area is 105 Å². The fourth-order valence-corrected chi connectivity index (χ4v) is 1.39. The molecule has 0 heterocycles.